The summed E-state index contributed by atoms with van der Waals surface area (Å²) in [6.45, 7) is 2.15. The fourth-order valence-corrected chi connectivity index (χ4v) is 5.85. The zero-order valence-corrected chi connectivity index (χ0v) is 22.8. The van der Waals surface area contributed by atoms with Crippen molar-refractivity contribution in [2.45, 2.75) is 63.6 Å². The number of nitrogens with zero attached hydrogens (tertiary/aromatic N) is 1. The number of alkyl halides is 3. The molecule has 9 heteroatoms. The smallest absolute Gasteiger partial charge is 0.418 e. The number of carboxylic acid groups (broad SMARTS) is 1. The maximum atomic E-state index is 13.5. The third-order valence-corrected chi connectivity index (χ3v) is 8.13. The molecule has 1 heterocycles. The predicted octanol–water partition coefficient (Wildman–Crippen LogP) is 8.33. The number of para-hydroxylation sites is 1. The van der Waals surface area contributed by atoms with Crippen LogP contribution < -0.4 is 15.0 Å². The summed E-state index contributed by atoms with van der Waals surface area (Å²) in [5, 5.41) is 11.5. The fraction of sp³-hybridized carbons (Fsp3) is 0.375. The van der Waals surface area contributed by atoms with E-state index in [1.165, 1.54) is 28.7 Å². The molecule has 5 rings (SSSR count). The van der Waals surface area contributed by atoms with Crippen LogP contribution in [0.3, 0.4) is 0 Å². The zero-order chi connectivity index (χ0) is 29.1. The largest absolute Gasteiger partial charge is 0.486 e. The molecule has 2 N–H and O–H groups in total. The number of aliphatic carboxylic acids is 1. The Morgan fingerprint density at radius 2 is 1.66 bits per heavy atom. The number of carbonyl (C=O) groups excluding carboxylic acids is 1. The van der Waals surface area contributed by atoms with Crippen molar-refractivity contribution in [2.24, 2.45) is 5.92 Å². The Morgan fingerprint density at radius 3 is 2.32 bits per heavy atom. The number of carbonyl (C=O) groups is 2. The summed E-state index contributed by atoms with van der Waals surface area (Å²) in [7, 11) is 0. The van der Waals surface area contributed by atoms with Gasteiger partial charge in [-0.1, -0.05) is 49.4 Å². The van der Waals surface area contributed by atoms with Crippen molar-refractivity contribution in [1.29, 1.82) is 0 Å². The quantitative estimate of drug-likeness (QED) is 0.314. The molecule has 3 aromatic carbocycles. The van der Waals surface area contributed by atoms with E-state index in [9.17, 15) is 22.8 Å². The van der Waals surface area contributed by atoms with Crippen molar-refractivity contribution >= 4 is 23.4 Å². The van der Waals surface area contributed by atoms with Crippen molar-refractivity contribution in [3.63, 3.8) is 0 Å². The second-order valence-corrected chi connectivity index (χ2v) is 10.9. The number of hydrogen-bond donors (Lipinski definition) is 2. The maximum absolute atomic E-state index is 13.5. The molecule has 1 aliphatic heterocycles. The molecular weight excluding hydrogens is 533 g/mol. The normalized spacial score (nSPS) is 20.6. The SMILES string of the molecule is CCC1CN(C(=O)Nc2ccccc2C(F)(F)F)c2ccc(-c3ccc(C4CCC(CC(=O)O)CC4)cc3)cc2O1. The number of fused-ring (bicyclic) bond motifs is 1. The lowest BCUT2D eigenvalue weighted by molar-refractivity contribution is -0.138. The standard InChI is InChI=1S/C32H33F3N2O4/c1-2-25-19-37(31(40)36-27-6-4-3-5-26(27)32(33,34)35)28-16-15-24(18-29(28)41-25)23-13-11-22(12-14-23)21-9-7-20(8-10-21)17-30(38)39/h3-6,11-16,18,20-21,25H,2,7-10,17,19H2,1H3,(H,36,40)(H,38,39). The molecule has 3 aromatic rings. The van der Waals surface area contributed by atoms with Gasteiger partial charge in [0.25, 0.3) is 0 Å². The highest BCUT2D eigenvalue weighted by atomic mass is 19.4. The molecule has 6 nitrogen and oxygen atoms in total. The highest BCUT2D eigenvalue weighted by molar-refractivity contribution is 6.03. The van der Waals surface area contributed by atoms with Crippen molar-refractivity contribution < 1.29 is 32.6 Å². The van der Waals surface area contributed by atoms with Gasteiger partial charge in [-0.15, -0.1) is 0 Å². The third kappa shape index (κ3) is 6.50. The molecule has 1 unspecified atom stereocenters. The number of nitrogens with one attached hydrogen (secondary N) is 1. The molecule has 2 amide bonds. The molecule has 0 saturated heterocycles. The Labute approximate surface area is 237 Å². The average Bonchev–Trinajstić information content (AvgIpc) is 2.96. The Balaban J connectivity index is 1.33. The van der Waals surface area contributed by atoms with Crippen LogP contribution in [0.5, 0.6) is 5.75 Å². The van der Waals surface area contributed by atoms with Crippen LogP contribution in [0.2, 0.25) is 0 Å². The van der Waals surface area contributed by atoms with E-state index >= 15 is 0 Å². The van der Waals surface area contributed by atoms with Crippen molar-refractivity contribution in [3.05, 3.63) is 77.9 Å². The first-order valence-corrected chi connectivity index (χ1v) is 14.0. The molecular formula is C32H33F3N2O4. The Morgan fingerprint density at radius 1 is 0.976 bits per heavy atom. The predicted molar refractivity (Wildman–Crippen MR) is 151 cm³/mol. The fourth-order valence-electron chi connectivity index (χ4n) is 5.85. The molecule has 0 radical (unpaired) electrons. The molecule has 216 valence electrons. The Hall–Kier alpha value is -4.01. The molecule has 1 atom stereocenters. The minimum atomic E-state index is -4.59. The van der Waals surface area contributed by atoms with Crippen LogP contribution in [0, 0.1) is 5.92 Å². The number of anilines is 2. The second kappa shape index (κ2) is 11.8. The topological polar surface area (TPSA) is 78.9 Å². The molecule has 0 bridgehead atoms. The second-order valence-electron chi connectivity index (χ2n) is 10.9. The van der Waals surface area contributed by atoms with Crippen LogP contribution in [-0.4, -0.2) is 29.8 Å². The van der Waals surface area contributed by atoms with Gasteiger partial charge in [0.05, 0.1) is 23.5 Å². The van der Waals surface area contributed by atoms with Gasteiger partial charge in [0.2, 0.25) is 0 Å². The first-order valence-electron chi connectivity index (χ1n) is 14.0. The molecule has 0 aromatic heterocycles. The van der Waals surface area contributed by atoms with Crippen molar-refractivity contribution in [3.8, 4) is 16.9 Å². The first-order chi connectivity index (χ1) is 19.6. The summed E-state index contributed by atoms with van der Waals surface area (Å²) in [6.07, 6.45) is -0.234. The van der Waals surface area contributed by atoms with Crippen molar-refractivity contribution in [2.75, 3.05) is 16.8 Å². The highest BCUT2D eigenvalue weighted by Gasteiger charge is 2.35. The number of amides is 2. The van der Waals surface area contributed by atoms with Crippen LogP contribution in [0.4, 0.5) is 29.3 Å². The maximum Gasteiger partial charge on any atom is 0.418 e. The Kier molecular flexibility index (Phi) is 8.24. The van der Waals surface area contributed by atoms with Crippen LogP contribution in [0.25, 0.3) is 11.1 Å². The van der Waals surface area contributed by atoms with E-state index in [2.05, 4.69) is 29.6 Å². The lowest BCUT2D eigenvalue weighted by Crippen LogP contribution is -2.45. The third-order valence-electron chi connectivity index (χ3n) is 8.13. The van der Waals surface area contributed by atoms with Gasteiger partial charge in [-0.05, 0) is 84.9 Å². The number of ether oxygens (including phenoxy) is 1. The van der Waals surface area contributed by atoms with E-state index in [-0.39, 0.29) is 30.7 Å². The first kappa shape index (κ1) is 28.5. The van der Waals surface area contributed by atoms with Gasteiger partial charge in [-0.3, -0.25) is 9.69 Å². The summed E-state index contributed by atoms with van der Waals surface area (Å²) in [5.41, 5.74) is 2.42. The number of hydrogen-bond acceptors (Lipinski definition) is 3. The number of urea groups is 1. The lowest BCUT2D eigenvalue weighted by Gasteiger charge is -2.35. The molecule has 1 fully saturated rings. The molecule has 0 spiro atoms. The van der Waals surface area contributed by atoms with Crippen LogP contribution in [0.15, 0.2) is 66.7 Å². The summed E-state index contributed by atoms with van der Waals surface area (Å²) in [5.74, 6) is 0.445. The van der Waals surface area contributed by atoms with Gasteiger partial charge < -0.3 is 15.2 Å². The minimum absolute atomic E-state index is 0.215. The summed E-state index contributed by atoms with van der Waals surface area (Å²) < 4.78 is 46.6. The van der Waals surface area contributed by atoms with E-state index in [1.54, 1.807) is 6.07 Å². The lowest BCUT2D eigenvalue weighted by atomic mass is 9.77. The van der Waals surface area contributed by atoms with Crippen LogP contribution >= 0.6 is 0 Å². The summed E-state index contributed by atoms with van der Waals surface area (Å²) in [6, 6.07) is 18.1. The van der Waals surface area contributed by atoms with Gasteiger partial charge >= 0.3 is 18.2 Å². The van der Waals surface area contributed by atoms with E-state index < -0.39 is 23.7 Å². The van der Waals surface area contributed by atoms with Gasteiger partial charge in [0.1, 0.15) is 11.9 Å². The average molecular weight is 567 g/mol. The van der Waals surface area contributed by atoms with E-state index in [0.717, 1.165) is 42.9 Å². The summed E-state index contributed by atoms with van der Waals surface area (Å²) >= 11 is 0. The van der Waals surface area contributed by atoms with Crippen molar-refractivity contribution in [1.82, 2.24) is 0 Å². The number of rotatable bonds is 6. The number of carboxylic acids is 1. The molecule has 1 saturated carbocycles. The van der Waals surface area contributed by atoms with Gasteiger partial charge in [-0.25, -0.2) is 4.79 Å². The highest BCUT2D eigenvalue weighted by Crippen LogP contribution is 2.41. The van der Waals surface area contributed by atoms with E-state index in [4.69, 9.17) is 9.84 Å². The Bertz CT molecular complexity index is 1400. The number of halogens is 3. The van der Waals surface area contributed by atoms with E-state index in [1.807, 2.05) is 19.1 Å². The van der Waals surface area contributed by atoms with E-state index in [0.29, 0.717) is 23.8 Å². The van der Waals surface area contributed by atoms with Gasteiger partial charge in [0.15, 0.2) is 0 Å². The van der Waals surface area contributed by atoms with Crippen LogP contribution in [-0.2, 0) is 11.0 Å². The van der Waals surface area contributed by atoms with Gasteiger partial charge in [0, 0.05) is 6.42 Å². The summed E-state index contributed by atoms with van der Waals surface area (Å²) in [4.78, 5) is 25.7. The zero-order valence-electron chi connectivity index (χ0n) is 22.8. The molecule has 2 aliphatic rings. The molecule has 1 aliphatic carbocycles. The molecule has 41 heavy (non-hydrogen) atoms. The minimum Gasteiger partial charge on any atom is -0.486 e. The number of benzene rings is 3. The van der Waals surface area contributed by atoms with Gasteiger partial charge in [-0.2, -0.15) is 13.2 Å². The monoisotopic (exact) mass is 566 g/mol. The van der Waals surface area contributed by atoms with Crippen LogP contribution in [0.1, 0.15) is 62.5 Å².